The van der Waals surface area contributed by atoms with Gasteiger partial charge in [0.1, 0.15) is 12.4 Å². The molecule has 0 saturated carbocycles. The molecule has 0 radical (unpaired) electrons. The summed E-state index contributed by atoms with van der Waals surface area (Å²) in [6.45, 7) is 7.96. The third-order valence-electron chi connectivity index (χ3n) is 2.79. The molecule has 3 nitrogen and oxygen atoms in total. The van der Waals surface area contributed by atoms with Crippen molar-refractivity contribution >= 4 is 11.6 Å². The molecule has 0 aromatic heterocycles. The Labute approximate surface area is 115 Å². The Morgan fingerprint density at radius 3 is 2.89 bits per heavy atom. The van der Waals surface area contributed by atoms with Gasteiger partial charge in [-0.25, -0.2) is 0 Å². The zero-order valence-electron chi connectivity index (χ0n) is 11.4. The van der Waals surface area contributed by atoms with Crippen LogP contribution in [0.3, 0.4) is 0 Å². The molecule has 0 bridgehead atoms. The Bertz CT molecular complexity index is 346. The lowest BCUT2D eigenvalue weighted by Gasteiger charge is -2.20. The van der Waals surface area contributed by atoms with Gasteiger partial charge < -0.3 is 15.0 Å². The lowest BCUT2D eigenvalue weighted by molar-refractivity contribution is 0.279. The third kappa shape index (κ3) is 6.24. The number of nitrogens with one attached hydrogen (secondary N) is 1. The summed E-state index contributed by atoms with van der Waals surface area (Å²) in [7, 11) is 2.13. The number of rotatable bonds is 8. The first-order valence-electron chi connectivity index (χ1n) is 6.42. The summed E-state index contributed by atoms with van der Waals surface area (Å²) in [6, 6.07) is 7.95. The van der Waals surface area contributed by atoms with Gasteiger partial charge in [0.05, 0.1) is 0 Å². The van der Waals surface area contributed by atoms with Gasteiger partial charge in [0.15, 0.2) is 0 Å². The Kier molecular flexibility index (Phi) is 7.09. The molecule has 1 unspecified atom stereocenters. The van der Waals surface area contributed by atoms with E-state index < -0.39 is 0 Å². The third-order valence-corrected chi connectivity index (χ3v) is 3.02. The van der Waals surface area contributed by atoms with Crippen molar-refractivity contribution in [1.82, 2.24) is 10.2 Å². The van der Waals surface area contributed by atoms with Gasteiger partial charge in [-0.1, -0.05) is 24.6 Å². The van der Waals surface area contributed by atoms with Crippen LogP contribution in [-0.2, 0) is 0 Å². The summed E-state index contributed by atoms with van der Waals surface area (Å²) in [5.41, 5.74) is 0. The Morgan fingerprint density at radius 1 is 1.44 bits per heavy atom. The fraction of sp³-hybridized carbons (Fsp3) is 0.571. The summed E-state index contributed by atoms with van der Waals surface area (Å²) in [6.07, 6.45) is 0. The molecule has 1 rings (SSSR count). The van der Waals surface area contributed by atoms with Gasteiger partial charge in [0, 0.05) is 24.2 Å². The minimum atomic E-state index is 0.470. The Morgan fingerprint density at radius 2 is 2.22 bits per heavy atom. The van der Waals surface area contributed by atoms with Crippen molar-refractivity contribution in [1.29, 1.82) is 0 Å². The molecule has 1 aromatic rings. The van der Waals surface area contributed by atoms with E-state index in [0.29, 0.717) is 17.7 Å². The van der Waals surface area contributed by atoms with Gasteiger partial charge in [-0.05, 0) is 38.7 Å². The highest BCUT2D eigenvalue weighted by Crippen LogP contribution is 2.16. The standard InChI is InChI=1S/C14H23ClN2O/c1-4-17(3)11-12(2)16-8-9-18-14-7-5-6-13(15)10-14/h5-7,10,12,16H,4,8-9,11H2,1-3H3. The Balaban J connectivity index is 2.15. The van der Waals surface area contributed by atoms with Crippen LogP contribution in [0, 0.1) is 0 Å². The van der Waals surface area contributed by atoms with E-state index in [-0.39, 0.29) is 0 Å². The molecule has 0 saturated heterocycles. The maximum absolute atomic E-state index is 5.88. The second kappa shape index (κ2) is 8.35. The van der Waals surface area contributed by atoms with Crippen LogP contribution >= 0.6 is 11.6 Å². The SMILES string of the molecule is CCN(C)CC(C)NCCOc1cccc(Cl)c1. The normalized spacial score (nSPS) is 12.7. The van der Waals surface area contributed by atoms with Crippen LogP contribution in [-0.4, -0.2) is 44.2 Å². The predicted molar refractivity (Wildman–Crippen MR) is 77.6 cm³/mol. The van der Waals surface area contributed by atoms with E-state index in [1.54, 1.807) is 0 Å². The highest BCUT2D eigenvalue weighted by atomic mass is 35.5. The maximum atomic E-state index is 5.88. The molecule has 0 aliphatic carbocycles. The summed E-state index contributed by atoms with van der Waals surface area (Å²) < 4.78 is 5.61. The molecule has 0 spiro atoms. The average Bonchev–Trinajstić information content (AvgIpc) is 2.34. The number of halogens is 1. The molecule has 0 aliphatic heterocycles. The first kappa shape index (κ1) is 15.3. The van der Waals surface area contributed by atoms with E-state index >= 15 is 0 Å². The van der Waals surface area contributed by atoms with Gasteiger partial charge in [0.2, 0.25) is 0 Å². The van der Waals surface area contributed by atoms with E-state index in [0.717, 1.165) is 25.4 Å². The average molecular weight is 271 g/mol. The quantitative estimate of drug-likeness (QED) is 0.735. The molecule has 102 valence electrons. The molecule has 1 N–H and O–H groups in total. The lowest BCUT2D eigenvalue weighted by Crippen LogP contribution is -2.39. The fourth-order valence-electron chi connectivity index (χ4n) is 1.69. The summed E-state index contributed by atoms with van der Waals surface area (Å²) in [4.78, 5) is 2.29. The fourth-order valence-corrected chi connectivity index (χ4v) is 1.87. The maximum Gasteiger partial charge on any atom is 0.120 e. The molecule has 0 aliphatic rings. The van der Waals surface area contributed by atoms with Crippen molar-refractivity contribution in [2.45, 2.75) is 19.9 Å². The van der Waals surface area contributed by atoms with Crippen LogP contribution < -0.4 is 10.1 Å². The number of benzene rings is 1. The smallest absolute Gasteiger partial charge is 0.120 e. The van der Waals surface area contributed by atoms with E-state index in [4.69, 9.17) is 16.3 Å². The van der Waals surface area contributed by atoms with Gasteiger partial charge in [-0.3, -0.25) is 0 Å². The number of nitrogens with zero attached hydrogens (tertiary/aromatic N) is 1. The number of hydrogen-bond acceptors (Lipinski definition) is 3. The van der Waals surface area contributed by atoms with Crippen LogP contribution in [0.4, 0.5) is 0 Å². The van der Waals surface area contributed by atoms with Crippen LogP contribution in [0.1, 0.15) is 13.8 Å². The van der Waals surface area contributed by atoms with E-state index in [1.807, 2.05) is 24.3 Å². The topological polar surface area (TPSA) is 24.5 Å². The molecular formula is C14H23ClN2O. The molecule has 0 amide bonds. The largest absolute Gasteiger partial charge is 0.492 e. The Hall–Kier alpha value is -0.770. The highest BCUT2D eigenvalue weighted by molar-refractivity contribution is 6.30. The molecule has 1 aromatic carbocycles. The second-order valence-electron chi connectivity index (χ2n) is 4.52. The molecule has 18 heavy (non-hydrogen) atoms. The summed E-state index contributed by atoms with van der Waals surface area (Å²) >= 11 is 5.88. The van der Waals surface area contributed by atoms with Gasteiger partial charge in [0.25, 0.3) is 0 Å². The minimum Gasteiger partial charge on any atom is -0.492 e. The summed E-state index contributed by atoms with van der Waals surface area (Å²) in [5.74, 6) is 0.822. The zero-order valence-corrected chi connectivity index (χ0v) is 12.2. The van der Waals surface area contributed by atoms with E-state index in [1.165, 1.54) is 0 Å². The number of ether oxygens (including phenoxy) is 1. The van der Waals surface area contributed by atoms with E-state index in [9.17, 15) is 0 Å². The second-order valence-corrected chi connectivity index (χ2v) is 4.95. The predicted octanol–water partition coefficient (Wildman–Crippen LogP) is 2.65. The van der Waals surface area contributed by atoms with Crippen molar-refractivity contribution in [3.05, 3.63) is 29.3 Å². The van der Waals surface area contributed by atoms with Gasteiger partial charge in [-0.15, -0.1) is 0 Å². The van der Waals surface area contributed by atoms with Gasteiger partial charge in [-0.2, -0.15) is 0 Å². The van der Waals surface area contributed by atoms with Crippen molar-refractivity contribution in [3.63, 3.8) is 0 Å². The van der Waals surface area contributed by atoms with Crippen molar-refractivity contribution in [3.8, 4) is 5.75 Å². The first-order chi connectivity index (χ1) is 8.61. The summed E-state index contributed by atoms with van der Waals surface area (Å²) in [5, 5.41) is 4.14. The lowest BCUT2D eigenvalue weighted by atomic mass is 10.3. The molecule has 4 heteroatoms. The monoisotopic (exact) mass is 270 g/mol. The zero-order chi connectivity index (χ0) is 13.4. The van der Waals surface area contributed by atoms with Crippen molar-refractivity contribution in [2.24, 2.45) is 0 Å². The molecular weight excluding hydrogens is 248 g/mol. The molecule has 0 fully saturated rings. The number of likely N-dealkylation sites (N-methyl/N-ethyl adjacent to an activating group) is 1. The van der Waals surface area contributed by atoms with Crippen molar-refractivity contribution < 1.29 is 4.74 Å². The molecule has 0 heterocycles. The highest BCUT2D eigenvalue weighted by Gasteiger charge is 2.03. The van der Waals surface area contributed by atoms with Crippen molar-refractivity contribution in [2.75, 3.05) is 33.3 Å². The van der Waals surface area contributed by atoms with E-state index in [2.05, 4.69) is 31.1 Å². The number of hydrogen-bond donors (Lipinski definition) is 1. The minimum absolute atomic E-state index is 0.470. The van der Waals surface area contributed by atoms with Gasteiger partial charge >= 0.3 is 0 Å². The van der Waals surface area contributed by atoms with Crippen LogP contribution in [0.5, 0.6) is 5.75 Å². The van der Waals surface area contributed by atoms with Crippen LogP contribution in [0.25, 0.3) is 0 Å². The van der Waals surface area contributed by atoms with Crippen LogP contribution in [0.2, 0.25) is 5.02 Å². The first-order valence-corrected chi connectivity index (χ1v) is 6.80. The molecule has 1 atom stereocenters. The van der Waals surface area contributed by atoms with Crippen LogP contribution in [0.15, 0.2) is 24.3 Å².